The molecule has 0 bridgehead atoms. The number of halogens is 1. The molecule has 1 aliphatic carbocycles. The van der Waals surface area contributed by atoms with Crippen molar-refractivity contribution in [2.45, 2.75) is 42.0 Å². The van der Waals surface area contributed by atoms with E-state index >= 15 is 0 Å². The number of likely N-dealkylation sites (tertiary alicyclic amines) is 1. The quantitative estimate of drug-likeness (QED) is 0.401. The SMILES string of the molecule is C=C(Br)CN1CC[C@]23C(=C(C(=O)OC)C[C@](CC)([Se]c4ccccc4)[C@H]12)Nc1ccccc13. The van der Waals surface area contributed by atoms with Gasteiger partial charge in [-0.3, -0.25) is 0 Å². The first-order valence-electron chi connectivity index (χ1n) is 11.4. The minimum absolute atomic E-state index is 0.0561. The van der Waals surface area contributed by atoms with Crippen LogP contribution in [-0.4, -0.2) is 52.1 Å². The number of para-hydroxylation sites is 1. The summed E-state index contributed by atoms with van der Waals surface area (Å²) in [4.78, 5) is 15.8. The predicted octanol–water partition coefficient (Wildman–Crippen LogP) is 4.76. The monoisotopic (exact) mass is 572 g/mol. The molecule has 2 aliphatic heterocycles. The zero-order chi connectivity index (χ0) is 23.2. The standard InChI is InChI=1S/C27H29BrN2O2Se/c1-4-26(33-19-10-6-5-7-11-19)16-20(24(31)32-3)23-27(21-12-8-9-13-22(21)29-23)14-15-30(25(26)27)17-18(2)28/h5-13,25,29H,2,4,14-17H2,1,3H3/t25-,26-,27-/m0/s1. The van der Waals surface area contributed by atoms with Crippen molar-refractivity contribution in [1.82, 2.24) is 4.90 Å². The van der Waals surface area contributed by atoms with Crippen molar-refractivity contribution in [3.05, 3.63) is 82.5 Å². The number of anilines is 1. The summed E-state index contributed by atoms with van der Waals surface area (Å²) >= 11 is 3.81. The molecule has 0 unspecified atom stereocenters. The van der Waals surface area contributed by atoms with Gasteiger partial charge in [-0.05, 0) is 0 Å². The zero-order valence-electron chi connectivity index (χ0n) is 19.1. The van der Waals surface area contributed by atoms with E-state index in [4.69, 9.17) is 4.74 Å². The number of hydrogen-bond acceptors (Lipinski definition) is 4. The number of benzene rings is 2. The average molecular weight is 572 g/mol. The van der Waals surface area contributed by atoms with Gasteiger partial charge in [0.2, 0.25) is 0 Å². The molecule has 4 nitrogen and oxygen atoms in total. The van der Waals surface area contributed by atoms with Gasteiger partial charge in [-0.2, -0.15) is 0 Å². The van der Waals surface area contributed by atoms with E-state index < -0.39 is 0 Å². The fourth-order valence-electron chi connectivity index (χ4n) is 6.31. The molecule has 1 saturated heterocycles. The molecule has 2 aromatic carbocycles. The van der Waals surface area contributed by atoms with Gasteiger partial charge in [0.15, 0.2) is 0 Å². The third-order valence-electron chi connectivity index (χ3n) is 7.48. The number of methoxy groups -OCH3 is 1. The second-order valence-corrected chi connectivity index (χ2v) is 13.4. The van der Waals surface area contributed by atoms with Crippen LogP contribution in [0, 0.1) is 0 Å². The van der Waals surface area contributed by atoms with Crippen LogP contribution in [0.15, 0.2) is 76.9 Å². The Balaban J connectivity index is 1.76. The summed E-state index contributed by atoms with van der Waals surface area (Å²) in [7, 11) is 1.50. The van der Waals surface area contributed by atoms with E-state index in [1.165, 1.54) is 17.1 Å². The van der Waals surface area contributed by atoms with E-state index in [1.807, 2.05) is 0 Å². The van der Waals surface area contributed by atoms with E-state index in [2.05, 4.69) is 94.2 Å². The van der Waals surface area contributed by atoms with Crippen LogP contribution in [0.4, 0.5) is 5.69 Å². The summed E-state index contributed by atoms with van der Waals surface area (Å²) in [5, 5.41) is 3.69. The molecule has 6 heteroatoms. The summed E-state index contributed by atoms with van der Waals surface area (Å²) in [6, 6.07) is 19.7. The fourth-order valence-corrected chi connectivity index (χ4v) is 9.96. The van der Waals surface area contributed by atoms with E-state index in [1.54, 1.807) is 0 Å². The number of nitrogens with zero attached hydrogens (tertiary/aromatic N) is 1. The molecule has 3 atom stereocenters. The van der Waals surface area contributed by atoms with Gasteiger partial charge in [0.25, 0.3) is 0 Å². The number of fused-ring (bicyclic) bond motifs is 1. The first-order valence-corrected chi connectivity index (χ1v) is 14.0. The number of carbonyl (C=O) groups is 1. The Bertz CT molecular complexity index is 1130. The van der Waals surface area contributed by atoms with E-state index in [0.29, 0.717) is 0 Å². The summed E-state index contributed by atoms with van der Waals surface area (Å²) in [6.07, 6.45) is 2.69. The third-order valence-corrected chi connectivity index (χ3v) is 11.0. The van der Waals surface area contributed by atoms with Gasteiger partial charge in [0.1, 0.15) is 0 Å². The van der Waals surface area contributed by atoms with Crippen LogP contribution in [0.2, 0.25) is 4.31 Å². The van der Waals surface area contributed by atoms with Crippen LogP contribution in [0.25, 0.3) is 0 Å². The van der Waals surface area contributed by atoms with Crippen LogP contribution in [0.3, 0.4) is 0 Å². The van der Waals surface area contributed by atoms with Gasteiger partial charge in [-0.15, -0.1) is 0 Å². The second-order valence-electron chi connectivity index (χ2n) is 9.14. The molecule has 1 fully saturated rings. The Labute approximate surface area is 210 Å². The van der Waals surface area contributed by atoms with E-state index in [-0.39, 0.29) is 36.7 Å². The first-order chi connectivity index (χ1) is 15.9. The van der Waals surface area contributed by atoms with Crippen molar-refractivity contribution in [2.75, 3.05) is 25.5 Å². The third kappa shape index (κ3) is 3.54. The van der Waals surface area contributed by atoms with Gasteiger partial charge >= 0.3 is 211 Å². The van der Waals surface area contributed by atoms with E-state index in [9.17, 15) is 4.79 Å². The van der Waals surface area contributed by atoms with Gasteiger partial charge in [-0.1, -0.05) is 0 Å². The molecule has 2 aromatic rings. The van der Waals surface area contributed by atoms with Crippen molar-refractivity contribution in [3.63, 3.8) is 0 Å². The number of nitrogens with one attached hydrogen (secondary N) is 1. The van der Waals surface area contributed by atoms with Crippen LogP contribution in [0.1, 0.15) is 31.7 Å². The Kier molecular flexibility index (Phi) is 6.07. The molecule has 2 heterocycles. The maximum absolute atomic E-state index is 13.2. The number of esters is 1. The van der Waals surface area contributed by atoms with Crippen molar-refractivity contribution >= 4 is 47.0 Å². The zero-order valence-corrected chi connectivity index (χ0v) is 22.4. The molecule has 33 heavy (non-hydrogen) atoms. The Morgan fingerprint density at radius 2 is 1.97 bits per heavy atom. The van der Waals surface area contributed by atoms with Gasteiger partial charge in [-0.25, -0.2) is 0 Å². The number of carbonyl (C=O) groups excluding carboxylic acids is 1. The second kappa shape index (κ2) is 8.74. The maximum atomic E-state index is 13.2. The molecular weight excluding hydrogens is 543 g/mol. The van der Waals surface area contributed by atoms with Crippen molar-refractivity contribution < 1.29 is 9.53 Å². The van der Waals surface area contributed by atoms with Crippen LogP contribution < -0.4 is 9.78 Å². The number of hydrogen-bond donors (Lipinski definition) is 1. The van der Waals surface area contributed by atoms with Crippen molar-refractivity contribution in [2.24, 2.45) is 0 Å². The molecule has 3 aliphatic rings. The average Bonchev–Trinajstić information content (AvgIpc) is 3.37. The summed E-state index contributed by atoms with van der Waals surface area (Å²) in [5.74, 6) is -0.201. The molecular formula is C27H29BrN2O2Se. The van der Waals surface area contributed by atoms with Crippen LogP contribution in [0.5, 0.6) is 0 Å². The fraction of sp³-hybridized carbons (Fsp3) is 0.370. The number of ether oxygens (including phenoxy) is 1. The summed E-state index contributed by atoms with van der Waals surface area (Å²) in [5.41, 5.74) is 4.08. The topological polar surface area (TPSA) is 41.6 Å². The molecule has 5 rings (SSSR count). The van der Waals surface area contributed by atoms with Gasteiger partial charge < -0.3 is 0 Å². The molecule has 172 valence electrons. The van der Waals surface area contributed by atoms with Crippen LogP contribution >= 0.6 is 15.9 Å². The minimum atomic E-state index is -0.243. The summed E-state index contributed by atoms with van der Waals surface area (Å²) in [6.45, 7) is 8.25. The Morgan fingerprint density at radius 1 is 1.24 bits per heavy atom. The molecule has 0 aromatic heterocycles. The van der Waals surface area contributed by atoms with E-state index in [0.717, 1.165) is 53.8 Å². The molecule has 1 spiro atoms. The first kappa shape index (κ1) is 22.9. The molecule has 0 amide bonds. The Hall–Kier alpha value is -1.85. The van der Waals surface area contributed by atoms with Gasteiger partial charge in [0, 0.05) is 0 Å². The predicted molar refractivity (Wildman–Crippen MR) is 138 cm³/mol. The van der Waals surface area contributed by atoms with Crippen LogP contribution in [-0.2, 0) is 14.9 Å². The van der Waals surface area contributed by atoms with Crippen molar-refractivity contribution in [1.29, 1.82) is 0 Å². The Morgan fingerprint density at radius 3 is 2.67 bits per heavy atom. The summed E-state index contributed by atoms with van der Waals surface area (Å²) < 4.78 is 7.67. The molecule has 0 saturated carbocycles. The van der Waals surface area contributed by atoms with Crippen molar-refractivity contribution in [3.8, 4) is 0 Å². The normalized spacial score (nSPS) is 28.0. The molecule has 0 radical (unpaired) electrons. The molecule has 1 N–H and O–H groups in total. The van der Waals surface area contributed by atoms with Gasteiger partial charge in [0.05, 0.1) is 0 Å². The number of rotatable bonds is 6.